The maximum Gasteiger partial charge on any atom is 0.164 e. The fourth-order valence-corrected chi connectivity index (χ4v) is 3.14. The first-order valence-corrected chi connectivity index (χ1v) is 9.00. The van der Waals surface area contributed by atoms with E-state index in [9.17, 15) is 0 Å². The van der Waals surface area contributed by atoms with E-state index >= 15 is 0 Å². The van der Waals surface area contributed by atoms with E-state index in [1.165, 1.54) is 0 Å². The van der Waals surface area contributed by atoms with Gasteiger partial charge in [0.15, 0.2) is 11.5 Å². The summed E-state index contributed by atoms with van der Waals surface area (Å²) >= 11 is 0. The maximum atomic E-state index is 5.94. The van der Waals surface area contributed by atoms with Crippen LogP contribution in [-0.4, -0.2) is 20.8 Å². The second-order valence-electron chi connectivity index (χ2n) is 6.26. The summed E-state index contributed by atoms with van der Waals surface area (Å²) in [6.45, 7) is 5.18. The number of ether oxygens (including phenoxy) is 3. The van der Waals surface area contributed by atoms with E-state index in [0.29, 0.717) is 13.2 Å². The standard InChI is InChI=1S/C21H30N2O3/c1-5-15-12-18(8-9-19(15)23)26-10-6-7-16-11-17(13-22)14(2)20(24-3)21(16)25-4/h8-9,11-12H,5-7,10,13,22-23H2,1-4H3. The molecule has 0 radical (unpaired) electrons. The zero-order valence-corrected chi connectivity index (χ0v) is 16.2. The van der Waals surface area contributed by atoms with Crippen LogP contribution in [-0.2, 0) is 19.4 Å². The van der Waals surface area contributed by atoms with Crippen molar-refractivity contribution < 1.29 is 14.2 Å². The first kappa shape index (κ1) is 19.9. The zero-order valence-electron chi connectivity index (χ0n) is 16.2. The van der Waals surface area contributed by atoms with Gasteiger partial charge in [-0.05, 0) is 66.6 Å². The topological polar surface area (TPSA) is 79.7 Å². The molecule has 0 aliphatic rings. The van der Waals surface area contributed by atoms with Crippen LogP contribution in [0.15, 0.2) is 24.3 Å². The lowest BCUT2D eigenvalue weighted by molar-refractivity contribution is 0.308. The van der Waals surface area contributed by atoms with Gasteiger partial charge in [-0.2, -0.15) is 0 Å². The third kappa shape index (κ3) is 4.41. The average Bonchev–Trinajstić information content (AvgIpc) is 2.66. The van der Waals surface area contributed by atoms with Gasteiger partial charge in [0, 0.05) is 12.2 Å². The molecule has 4 N–H and O–H groups in total. The van der Waals surface area contributed by atoms with Crippen LogP contribution < -0.4 is 25.7 Å². The van der Waals surface area contributed by atoms with Gasteiger partial charge in [-0.15, -0.1) is 0 Å². The third-order valence-corrected chi connectivity index (χ3v) is 4.65. The Kier molecular flexibility index (Phi) is 7.16. The Balaban J connectivity index is 2.05. The van der Waals surface area contributed by atoms with Crippen molar-refractivity contribution in [3.8, 4) is 17.2 Å². The number of rotatable bonds is 9. The zero-order chi connectivity index (χ0) is 19.1. The molecule has 2 rings (SSSR count). The molecule has 0 aliphatic carbocycles. The highest BCUT2D eigenvalue weighted by Crippen LogP contribution is 2.37. The van der Waals surface area contributed by atoms with E-state index in [0.717, 1.165) is 64.5 Å². The highest BCUT2D eigenvalue weighted by Gasteiger charge is 2.16. The van der Waals surface area contributed by atoms with Crippen LogP contribution >= 0.6 is 0 Å². The molecular weight excluding hydrogens is 328 g/mol. The molecule has 0 fully saturated rings. The van der Waals surface area contributed by atoms with Crippen LogP contribution in [0.3, 0.4) is 0 Å². The molecule has 2 aromatic rings. The number of benzene rings is 2. The summed E-state index contributed by atoms with van der Waals surface area (Å²) in [4.78, 5) is 0. The SMILES string of the molecule is CCc1cc(OCCCc2cc(CN)c(C)c(OC)c2OC)ccc1N. The number of nitrogens with two attached hydrogens (primary N) is 2. The molecule has 26 heavy (non-hydrogen) atoms. The van der Waals surface area contributed by atoms with Crippen LogP contribution in [0.2, 0.25) is 0 Å². The summed E-state index contributed by atoms with van der Waals surface area (Å²) in [5.41, 5.74) is 16.9. The summed E-state index contributed by atoms with van der Waals surface area (Å²) in [7, 11) is 3.32. The normalized spacial score (nSPS) is 10.7. The minimum atomic E-state index is 0.473. The molecule has 5 heteroatoms. The largest absolute Gasteiger partial charge is 0.494 e. The number of methoxy groups -OCH3 is 2. The molecule has 2 aromatic carbocycles. The van der Waals surface area contributed by atoms with Crippen molar-refractivity contribution in [2.75, 3.05) is 26.6 Å². The van der Waals surface area contributed by atoms with Gasteiger partial charge in [0.2, 0.25) is 0 Å². The van der Waals surface area contributed by atoms with Crippen LogP contribution in [0, 0.1) is 6.92 Å². The van der Waals surface area contributed by atoms with Gasteiger partial charge >= 0.3 is 0 Å². The van der Waals surface area contributed by atoms with Gasteiger partial charge in [-0.1, -0.05) is 13.0 Å². The predicted molar refractivity (Wildman–Crippen MR) is 106 cm³/mol. The monoisotopic (exact) mass is 358 g/mol. The van der Waals surface area contributed by atoms with Crippen molar-refractivity contribution in [2.45, 2.75) is 39.7 Å². The number of nitrogen functional groups attached to an aromatic ring is 1. The van der Waals surface area contributed by atoms with Gasteiger partial charge < -0.3 is 25.7 Å². The Morgan fingerprint density at radius 1 is 0.962 bits per heavy atom. The first-order valence-electron chi connectivity index (χ1n) is 9.00. The van der Waals surface area contributed by atoms with Gasteiger partial charge in [0.1, 0.15) is 5.75 Å². The van der Waals surface area contributed by atoms with Crippen LogP contribution in [0.5, 0.6) is 17.2 Å². The fourth-order valence-electron chi connectivity index (χ4n) is 3.14. The molecule has 0 spiro atoms. The molecular formula is C21H30N2O3. The van der Waals surface area contributed by atoms with E-state index in [4.69, 9.17) is 25.7 Å². The van der Waals surface area contributed by atoms with Gasteiger partial charge in [0.05, 0.1) is 20.8 Å². The highest BCUT2D eigenvalue weighted by atomic mass is 16.5. The molecule has 142 valence electrons. The van der Waals surface area contributed by atoms with Crippen molar-refractivity contribution in [3.63, 3.8) is 0 Å². The van der Waals surface area contributed by atoms with Crippen LogP contribution in [0.1, 0.15) is 35.6 Å². The highest BCUT2D eigenvalue weighted by molar-refractivity contribution is 5.55. The molecule has 0 atom stereocenters. The Bertz CT molecular complexity index is 745. The molecule has 5 nitrogen and oxygen atoms in total. The van der Waals surface area contributed by atoms with E-state index < -0.39 is 0 Å². The molecule has 0 saturated heterocycles. The second-order valence-corrected chi connectivity index (χ2v) is 6.26. The van der Waals surface area contributed by atoms with Crippen molar-refractivity contribution in [3.05, 3.63) is 46.5 Å². The minimum absolute atomic E-state index is 0.473. The third-order valence-electron chi connectivity index (χ3n) is 4.65. The summed E-state index contributed by atoms with van der Waals surface area (Å²) in [5.74, 6) is 2.40. The van der Waals surface area contributed by atoms with Crippen molar-refractivity contribution in [2.24, 2.45) is 5.73 Å². The Hall–Kier alpha value is -2.40. The average molecular weight is 358 g/mol. The van der Waals surface area contributed by atoms with Crippen LogP contribution in [0.25, 0.3) is 0 Å². The Morgan fingerprint density at radius 3 is 2.31 bits per heavy atom. The lowest BCUT2D eigenvalue weighted by Crippen LogP contribution is -2.07. The first-order chi connectivity index (χ1) is 12.5. The summed E-state index contributed by atoms with van der Waals surface area (Å²) < 4.78 is 17.0. The number of hydrogen-bond donors (Lipinski definition) is 2. The smallest absolute Gasteiger partial charge is 0.164 e. The molecule has 0 amide bonds. The number of anilines is 1. The summed E-state index contributed by atoms with van der Waals surface area (Å²) in [6, 6.07) is 7.93. The molecule has 0 saturated carbocycles. The number of aryl methyl sites for hydroxylation is 2. The quantitative estimate of drug-likeness (QED) is 0.528. The lowest BCUT2D eigenvalue weighted by atomic mass is 9.99. The second kappa shape index (κ2) is 9.34. The Morgan fingerprint density at radius 2 is 1.69 bits per heavy atom. The lowest BCUT2D eigenvalue weighted by Gasteiger charge is -2.18. The predicted octanol–water partition coefficient (Wildman–Crippen LogP) is 3.63. The molecule has 0 aliphatic heterocycles. The van der Waals surface area contributed by atoms with Gasteiger partial charge in [-0.3, -0.25) is 0 Å². The van der Waals surface area contributed by atoms with E-state index in [2.05, 4.69) is 13.0 Å². The van der Waals surface area contributed by atoms with E-state index in [-0.39, 0.29) is 0 Å². The van der Waals surface area contributed by atoms with Crippen molar-refractivity contribution in [1.82, 2.24) is 0 Å². The molecule has 0 bridgehead atoms. The molecule has 0 unspecified atom stereocenters. The van der Waals surface area contributed by atoms with Gasteiger partial charge in [0.25, 0.3) is 0 Å². The van der Waals surface area contributed by atoms with Crippen LogP contribution in [0.4, 0.5) is 5.69 Å². The van der Waals surface area contributed by atoms with Crippen molar-refractivity contribution >= 4 is 5.69 Å². The fraction of sp³-hybridized carbons (Fsp3) is 0.429. The summed E-state index contributed by atoms with van der Waals surface area (Å²) in [5, 5.41) is 0. The summed E-state index contributed by atoms with van der Waals surface area (Å²) in [6.07, 6.45) is 2.58. The number of hydrogen-bond acceptors (Lipinski definition) is 5. The van der Waals surface area contributed by atoms with E-state index in [1.54, 1.807) is 14.2 Å². The van der Waals surface area contributed by atoms with Gasteiger partial charge in [-0.25, -0.2) is 0 Å². The Labute approximate surface area is 156 Å². The maximum absolute atomic E-state index is 5.94. The molecule has 0 aromatic heterocycles. The van der Waals surface area contributed by atoms with E-state index in [1.807, 2.05) is 25.1 Å². The molecule has 0 heterocycles. The minimum Gasteiger partial charge on any atom is -0.494 e. The van der Waals surface area contributed by atoms with Crippen molar-refractivity contribution in [1.29, 1.82) is 0 Å².